The van der Waals surface area contributed by atoms with E-state index in [1.807, 2.05) is 6.92 Å². The molecule has 1 aromatic heterocycles. The van der Waals surface area contributed by atoms with Gasteiger partial charge in [0, 0.05) is 19.3 Å². The Labute approximate surface area is 107 Å². The molecule has 1 heterocycles. The predicted octanol–water partition coefficient (Wildman–Crippen LogP) is 0.0705. The van der Waals surface area contributed by atoms with E-state index in [4.69, 9.17) is 10.6 Å². The zero-order chi connectivity index (χ0) is 13.6. The number of hydrogen-bond acceptors (Lipinski definition) is 6. The second-order valence-corrected chi connectivity index (χ2v) is 5.41. The van der Waals surface area contributed by atoms with Crippen LogP contribution in [0.1, 0.15) is 13.8 Å². The molecule has 7 nitrogen and oxygen atoms in total. The van der Waals surface area contributed by atoms with E-state index < -0.39 is 10.0 Å². The van der Waals surface area contributed by atoms with Crippen molar-refractivity contribution in [1.29, 1.82) is 0 Å². The van der Waals surface area contributed by atoms with Gasteiger partial charge in [0.2, 0.25) is 10.0 Å². The van der Waals surface area contributed by atoms with E-state index in [9.17, 15) is 8.42 Å². The highest BCUT2D eigenvalue weighted by Gasteiger charge is 2.15. The highest BCUT2D eigenvalue weighted by molar-refractivity contribution is 7.89. The minimum atomic E-state index is -3.56. The molecular formula is C10H18N4O3S. The van der Waals surface area contributed by atoms with Crippen molar-refractivity contribution in [2.24, 2.45) is 5.84 Å². The SMILES string of the molecule is CCOC(C)CNS(=O)(=O)c1ccc(NN)nc1. The number of nitrogens with zero attached hydrogens (tertiary/aromatic N) is 1. The third-order valence-electron chi connectivity index (χ3n) is 2.21. The van der Waals surface area contributed by atoms with Gasteiger partial charge in [-0.25, -0.2) is 24.0 Å². The first-order valence-electron chi connectivity index (χ1n) is 5.53. The topological polar surface area (TPSA) is 106 Å². The van der Waals surface area contributed by atoms with Crippen LogP contribution >= 0.6 is 0 Å². The van der Waals surface area contributed by atoms with Gasteiger partial charge in [0.15, 0.2) is 0 Å². The van der Waals surface area contributed by atoms with Crippen LogP contribution in [0.2, 0.25) is 0 Å². The molecule has 1 aromatic rings. The van der Waals surface area contributed by atoms with Crippen LogP contribution in [0.3, 0.4) is 0 Å². The lowest BCUT2D eigenvalue weighted by molar-refractivity contribution is 0.0799. The van der Waals surface area contributed by atoms with E-state index in [0.29, 0.717) is 12.4 Å². The van der Waals surface area contributed by atoms with Crippen LogP contribution in [-0.4, -0.2) is 32.7 Å². The number of hydrogen-bond donors (Lipinski definition) is 3. The molecule has 0 aliphatic rings. The summed E-state index contributed by atoms with van der Waals surface area (Å²) in [6.45, 7) is 4.41. The second kappa shape index (κ2) is 6.64. The van der Waals surface area contributed by atoms with Gasteiger partial charge in [0.05, 0.1) is 6.10 Å². The molecule has 0 spiro atoms. The molecule has 0 aliphatic heterocycles. The van der Waals surface area contributed by atoms with Gasteiger partial charge >= 0.3 is 0 Å². The van der Waals surface area contributed by atoms with Crippen molar-refractivity contribution in [3.63, 3.8) is 0 Å². The zero-order valence-electron chi connectivity index (χ0n) is 10.4. The summed E-state index contributed by atoms with van der Waals surface area (Å²) in [7, 11) is -3.56. The van der Waals surface area contributed by atoms with Crippen LogP contribution in [0.5, 0.6) is 0 Å². The summed E-state index contributed by atoms with van der Waals surface area (Å²) in [5, 5.41) is 0. The number of hydrazine groups is 1. The number of anilines is 1. The van der Waals surface area contributed by atoms with E-state index in [-0.39, 0.29) is 17.5 Å². The summed E-state index contributed by atoms with van der Waals surface area (Å²) >= 11 is 0. The summed E-state index contributed by atoms with van der Waals surface area (Å²) in [6.07, 6.45) is 1.06. The van der Waals surface area contributed by atoms with Crippen molar-refractivity contribution in [3.8, 4) is 0 Å². The minimum absolute atomic E-state index is 0.0881. The first-order chi connectivity index (χ1) is 8.49. The zero-order valence-corrected chi connectivity index (χ0v) is 11.2. The minimum Gasteiger partial charge on any atom is -0.377 e. The molecule has 18 heavy (non-hydrogen) atoms. The van der Waals surface area contributed by atoms with E-state index in [1.165, 1.54) is 18.3 Å². The Morgan fingerprint density at radius 3 is 2.72 bits per heavy atom. The predicted molar refractivity (Wildman–Crippen MR) is 68.3 cm³/mol. The maximum absolute atomic E-state index is 11.9. The quantitative estimate of drug-likeness (QED) is 0.480. The third-order valence-corrected chi connectivity index (χ3v) is 3.62. The number of rotatable bonds is 7. The van der Waals surface area contributed by atoms with Crippen molar-refractivity contribution in [2.45, 2.75) is 24.8 Å². The molecule has 0 bridgehead atoms. The summed E-state index contributed by atoms with van der Waals surface area (Å²) < 4.78 is 31.5. The largest absolute Gasteiger partial charge is 0.377 e. The molecule has 0 fully saturated rings. The van der Waals surface area contributed by atoms with E-state index >= 15 is 0 Å². The van der Waals surface area contributed by atoms with Crippen LogP contribution in [0.15, 0.2) is 23.2 Å². The molecule has 1 atom stereocenters. The van der Waals surface area contributed by atoms with Gasteiger partial charge in [-0.15, -0.1) is 0 Å². The fourth-order valence-corrected chi connectivity index (χ4v) is 2.34. The van der Waals surface area contributed by atoms with Crippen LogP contribution in [-0.2, 0) is 14.8 Å². The molecule has 1 unspecified atom stereocenters. The molecule has 8 heteroatoms. The molecule has 0 saturated heterocycles. The molecule has 0 aliphatic carbocycles. The monoisotopic (exact) mass is 274 g/mol. The Kier molecular flexibility index (Phi) is 5.48. The number of nitrogens with two attached hydrogens (primary N) is 1. The summed E-state index contributed by atoms with van der Waals surface area (Å²) in [4.78, 5) is 3.93. The van der Waals surface area contributed by atoms with Gasteiger partial charge < -0.3 is 10.2 Å². The van der Waals surface area contributed by atoms with Gasteiger partial charge in [-0.05, 0) is 26.0 Å². The van der Waals surface area contributed by atoms with Gasteiger partial charge in [0.1, 0.15) is 10.7 Å². The molecule has 4 N–H and O–H groups in total. The van der Waals surface area contributed by atoms with Crippen molar-refractivity contribution < 1.29 is 13.2 Å². The van der Waals surface area contributed by atoms with Crippen LogP contribution in [0.25, 0.3) is 0 Å². The van der Waals surface area contributed by atoms with E-state index in [1.54, 1.807) is 6.92 Å². The lowest BCUT2D eigenvalue weighted by Crippen LogP contribution is -2.32. The van der Waals surface area contributed by atoms with Crippen molar-refractivity contribution in [2.75, 3.05) is 18.6 Å². The van der Waals surface area contributed by atoms with Crippen molar-refractivity contribution in [1.82, 2.24) is 9.71 Å². The number of aromatic nitrogens is 1. The Morgan fingerprint density at radius 2 is 2.22 bits per heavy atom. The summed E-state index contributed by atoms with van der Waals surface area (Å²) in [5.41, 5.74) is 2.33. The van der Waals surface area contributed by atoms with Crippen LogP contribution < -0.4 is 16.0 Å². The molecule has 0 aromatic carbocycles. The van der Waals surface area contributed by atoms with Crippen LogP contribution in [0.4, 0.5) is 5.82 Å². The standard InChI is InChI=1S/C10H18N4O3S/c1-3-17-8(2)6-13-18(15,16)9-4-5-10(14-11)12-7-9/h4-5,7-8,13H,3,6,11H2,1-2H3,(H,12,14). The molecule has 0 amide bonds. The highest BCUT2D eigenvalue weighted by atomic mass is 32.2. The molecule has 0 radical (unpaired) electrons. The van der Waals surface area contributed by atoms with Gasteiger partial charge in [-0.3, -0.25) is 0 Å². The smallest absolute Gasteiger partial charge is 0.242 e. The maximum atomic E-state index is 11.9. The van der Waals surface area contributed by atoms with Crippen LogP contribution in [0, 0.1) is 0 Å². The summed E-state index contributed by atoms with van der Waals surface area (Å²) in [6, 6.07) is 2.91. The fraction of sp³-hybridized carbons (Fsp3) is 0.500. The van der Waals surface area contributed by atoms with Gasteiger partial charge in [-0.2, -0.15) is 0 Å². The molecule has 0 saturated carbocycles. The molecule has 1 rings (SSSR count). The highest BCUT2D eigenvalue weighted by Crippen LogP contribution is 2.09. The Morgan fingerprint density at radius 1 is 1.50 bits per heavy atom. The number of ether oxygens (including phenoxy) is 1. The first kappa shape index (κ1) is 14.8. The number of pyridine rings is 1. The fourth-order valence-electron chi connectivity index (χ4n) is 1.28. The lowest BCUT2D eigenvalue weighted by Gasteiger charge is -2.12. The Bertz CT molecular complexity index is 461. The van der Waals surface area contributed by atoms with Gasteiger partial charge in [0.25, 0.3) is 0 Å². The Hall–Kier alpha value is -1.22. The van der Waals surface area contributed by atoms with E-state index in [2.05, 4.69) is 15.1 Å². The number of nitrogens with one attached hydrogen (secondary N) is 2. The average Bonchev–Trinajstić information content (AvgIpc) is 2.37. The summed E-state index contributed by atoms with van der Waals surface area (Å²) in [5.74, 6) is 5.55. The molecule has 102 valence electrons. The van der Waals surface area contributed by atoms with Crippen molar-refractivity contribution >= 4 is 15.8 Å². The number of nitrogen functional groups attached to an aromatic ring is 1. The lowest BCUT2D eigenvalue weighted by atomic mass is 10.4. The van der Waals surface area contributed by atoms with Gasteiger partial charge in [-0.1, -0.05) is 0 Å². The normalized spacial score (nSPS) is 13.3. The third kappa shape index (κ3) is 4.22. The second-order valence-electron chi connectivity index (χ2n) is 3.64. The van der Waals surface area contributed by atoms with Crippen molar-refractivity contribution in [3.05, 3.63) is 18.3 Å². The maximum Gasteiger partial charge on any atom is 0.242 e. The van der Waals surface area contributed by atoms with E-state index in [0.717, 1.165) is 0 Å². The average molecular weight is 274 g/mol. The number of sulfonamides is 1. The first-order valence-corrected chi connectivity index (χ1v) is 7.02. The Balaban J connectivity index is 2.67. The molecular weight excluding hydrogens is 256 g/mol.